The molecule has 2 atom stereocenters. The van der Waals surface area contributed by atoms with Crippen molar-refractivity contribution in [2.45, 2.75) is 58.5 Å². The van der Waals surface area contributed by atoms with Crippen LogP contribution in [0.15, 0.2) is 36.5 Å². The number of benzene rings is 1. The molecule has 154 valence electrons. The van der Waals surface area contributed by atoms with Crippen LogP contribution in [0.25, 0.3) is 0 Å². The van der Waals surface area contributed by atoms with Crippen LogP contribution in [-0.4, -0.2) is 46.3 Å². The normalized spacial score (nSPS) is 17.6. The number of halogens is 1. The maximum absolute atomic E-state index is 13.2. The summed E-state index contributed by atoms with van der Waals surface area (Å²) in [4.78, 5) is 15.1. The van der Waals surface area contributed by atoms with Crippen molar-refractivity contribution in [3.8, 4) is 0 Å². The molecule has 1 amide bonds. The molecule has 0 aliphatic carbocycles. The minimum atomic E-state index is 0. The summed E-state index contributed by atoms with van der Waals surface area (Å²) in [5.41, 5.74) is 3.10. The van der Waals surface area contributed by atoms with Crippen molar-refractivity contribution in [3.05, 3.63) is 53.3 Å². The SMILES string of the molecule is CCC(Cc1ccc(C)cc1)N(CC)C(=O)c1ccn(C2CCCNC2)n1.Cl. The van der Waals surface area contributed by atoms with Crippen molar-refractivity contribution in [2.75, 3.05) is 19.6 Å². The first-order valence-electron chi connectivity index (χ1n) is 10.2. The molecular formula is C22H33ClN4O. The van der Waals surface area contributed by atoms with Crippen molar-refractivity contribution in [3.63, 3.8) is 0 Å². The van der Waals surface area contributed by atoms with Gasteiger partial charge in [-0.2, -0.15) is 5.10 Å². The number of amides is 1. The molecule has 3 rings (SSSR count). The number of aryl methyl sites for hydroxylation is 1. The molecule has 1 aliphatic rings. The van der Waals surface area contributed by atoms with E-state index in [0.717, 1.165) is 38.8 Å². The fourth-order valence-electron chi connectivity index (χ4n) is 3.90. The quantitative estimate of drug-likeness (QED) is 0.758. The van der Waals surface area contributed by atoms with Gasteiger partial charge in [0.05, 0.1) is 6.04 Å². The van der Waals surface area contributed by atoms with Gasteiger partial charge in [-0.25, -0.2) is 0 Å². The third-order valence-corrected chi connectivity index (χ3v) is 5.58. The molecule has 0 bridgehead atoms. The lowest BCUT2D eigenvalue weighted by atomic mass is 10.0. The summed E-state index contributed by atoms with van der Waals surface area (Å²) in [6.45, 7) is 9.00. The maximum atomic E-state index is 13.2. The predicted molar refractivity (Wildman–Crippen MR) is 116 cm³/mol. The number of rotatable bonds is 7. The van der Waals surface area contributed by atoms with E-state index in [2.05, 4.69) is 55.5 Å². The molecule has 2 heterocycles. The summed E-state index contributed by atoms with van der Waals surface area (Å²) in [6, 6.07) is 11.0. The number of carbonyl (C=O) groups is 1. The number of aromatic nitrogens is 2. The van der Waals surface area contributed by atoms with Crippen molar-refractivity contribution in [2.24, 2.45) is 0 Å². The molecule has 1 fully saturated rings. The van der Waals surface area contributed by atoms with E-state index in [9.17, 15) is 4.79 Å². The number of hydrogen-bond donors (Lipinski definition) is 1. The third-order valence-electron chi connectivity index (χ3n) is 5.58. The monoisotopic (exact) mass is 404 g/mol. The zero-order valence-electron chi connectivity index (χ0n) is 17.2. The molecule has 0 saturated carbocycles. The van der Waals surface area contributed by atoms with Gasteiger partial charge < -0.3 is 10.2 Å². The summed E-state index contributed by atoms with van der Waals surface area (Å²) in [6.07, 6.45) is 6.04. The molecule has 2 aromatic rings. The van der Waals surface area contributed by atoms with E-state index in [1.165, 1.54) is 11.1 Å². The van der Waals surface area contributed by atoms with E-state index in [1.807, 2.05) is 21.8 Å². The molecule has 6 heteroatoms. The molecule has 1 aromatic carbocycles. The molecule has 1 saturated heterocycles. The lowest BCUT2D eigenvalue weighted by Gasteiger charge is -2.30. The summed E-state index contributed by atoms with van der Waals surface area (Å²) >= 11 is 0. The van der Waals surface area contributed by atoms with Gasteiger partial charge in [0.1, 0.15) is 5.69 Å². The molecule has 0 spiro atoms. The zero-order valence-corrected chi connectivity index (χ0v) is 18.0. The standard InChI is InChI=1S/C22H32N4O.ClH/c1-4-19(15-18-10-8-17(3)9-11-18)25(5-2)22(27)21-12-14-26(24-21)20-7-6-13-23-16-20;/h8-12,14,19-20,23H,4-7,13,15-16H2,1-3H3;1H. The highest BCUT2D eigenvalue weighted by atomic mass is 35.5. The van der Waals surface area contributed by atoms with Crippen LogP contribution in [0.3, 0.4) is 0 Å². The summed E-state index contributed by atoms with van der Waals surface area (Å²) < 4.78 is 1.97. The van der Waals surface area contributed by atoms with Gasteiger partial charge in [-0.05, 0) is 57.7 Å². The maximum Gasteiger partial charge on any atom is 0.274 e. The van der Waals surface area contributed by atoms with E-state index in [1.54, 1.807) is 0 Å². The van der Waals surface area contributed by atoms with Gasteiger partial charge in [-0.3, -0.25) is 9.48 Å². The molecule has 0 radical (unpaired) electrons. The summed E-state index contributed by atoms with van der Waals surface area (Å²) in [5, 5.41) is 8.03. The van der Waals surface area contributed by atoms with Gasteiger partial charge in [0.15, 0.2) is 0 Å². The Bertz CT molecular complexity index is 737. The Morgan fingerprint density at radius 2 is 2.04 bits per heavy atom. The van der Waals surface area contributed by atoms with Crippen molar-refractivity contribution in [1.82, 2.24) is 20.0 Å². The number of likely N-dealkylation sites (N-methyl/N-ethyl adjacent to an activating group) is 1. The van der Waals surface area contributed by atoms with E-state index in [4.69, 9.17) is 0 Å². The first-order valence-corrected chi connectivity index (χ1v) is 10.2. The van der Waals surface area contributed by atoms with Crippen LogP contribution < -0.4 is 5.32 Å². The molecule has 5 nitrogen and oxygen atoms in total. The van der Waals surface area contributed by atoms with Crippen LogP contribution in [0.5, 0.6) is 0 Å². The highest BCUT2D eigenvalue weighted by Gasteiger charge is 2.25. The Labute approximate surface area is 174 Å². The largest absolute Gasteiger partial charge is 0.334 e. The van der Waals surface area contributed by atoms with Gasteiger partial charge in [-0.1, -0.05) is 36.8 Å². The van der Waals surface area contributed by atoms with Crippen LogP contribution in [0.2, 0.25) is 0 Å². The van der Waals surface area contributed by atoms with Gasteiger partial charge >= 0.3 is 0 Å². The van der Waals surface area contributed by atoms with Crippen LogP contribution in [0, 0.1) is 6.92 Å². The van der Waals surface area contributed by atoms with E-state index in [0.29, 0.717) is 18.3 Å². The van der Waals surface area contributed by atoms with Gasteiger partial charge in [0, 0.05) is 25.3 Å². The van der Waals surface area contributed by atoms with Crippen LogP contribution in [0.4, 0.5) is 0 Å². The Morgan fingerprint density at radius 3 is 2.64 bits per heavy atom. The molecule has 2 unspecified atom stereocenters. The number of nitrogens with zero attached hydrogens (tertiary/aromatic N) is 3. The number of piperidine rings is 1. The van der Waals surface area contributed by atoms with E-state index in [-0.39, 0.29) is 24.4 Å². The average Bonchev–Trinajstić information content (AvgIpc) is 3.20. The van der Waals surface area contributed by atoms with Crippen LogP contribution in [-0.2, 0) is 6.42 Å². The first-order chi connectivity index (χ1) is 13.1. The average molecular weight is 405 g/mol. The smallest absolute Gasteiger partial charge is 0.274 e. The minimum absolute atomic E-state index is 0. The minimum Gasteiger partial charge on any atom is -0.334 e. The molecular weight excluding hydrogens is 372 g/mol. The first kappa shape index (κ1) is 22.4. The second-order valence-electron chi connectivity index (χ2n) is 7.52. The zero-order chi connectivity index (χ0) is 19.2. The Kier molecular flexibility index (Phi) is 8.52. The highest BCUT2D eigenvalue weighted by Crippen LogP contribution is 2.19. The van der Waals surface area contributed by atoms with Crippen molar-refractivity contribution < 1.29 is 4.79 Å². The van der Waals surface area contributed by atoms with Crippen LogP contribution >= 0.6 is 12.4 Å². The number of hydrogen-bond acceptors (Lipinski definition) is 3. The van der Waals surface area contributed by atoms with Crippen molar-refractivity contribution in [1.29, 1.82) is 0 Å². The van der Waals surface area contributed by atoms with Crippen LogP contribution in [0.1, 0.15) is 60.8 Å². The second kappa shape index (κ2) is 10.6. The highest BCUT2D eigenvalue weighted by molar-refractivity contribution is 5.92. The van der Waals surface area contributed by atoms with Gasteiger partial charge in [-0.15, -0.1) is 12.4 Å². The van der Waals surface area contributed by atoms with E-state index < -0.39 is 0 Å². The lowest BCUT2D eigenvalue weighted by Crippen LogP contribution is -2.41. The molecule has 1 aromatic heterocycles. The fraction of sp³-hybridized carbons (Fsp3) is 0.545. The Hall–Kier alpha value is -1.85. The third kappa shape index (κ3) is 5.36. The lowest BCUT2D eigenvalue weighted by molar-refractivity contribution is 0.0676. The summed E-state index contributed by atoms with van der Waals surface area (Å²) in [7, 11) is 0. The topological polar surface area (TPSA) is 50.2 Å². The number of carbonyl (C=O) groups excluding carboxylic acids is 1. The summed E-state index contributed by atoms with van der Waals surface area (Å²) in [5.74, 6) is 0.0407. The van der Waals surface area contributed by atoms with E-state index >= 15 is 0 Å². The van der Waals surface area contributed by atoms with Gasteiger partial charge in [0.2, 0.25) is 0 Å². The predicted octanol–water partition coefficient (Wildman–Crippen LogP) is 4.02. The Morgan fingerprint density at radius 1 is 1.29 bits per heavy atom. The molecule has 1 N–H and O–H groups in total. The molecule has 1 aliphatic heterocycles. The van der Waals surface area contributed by atoms with Crippen molar-refractivity contribution >= 4 is 18.3 Å². The molecule has 28 heavy (non-hydrogen) atoms. The number of nitrogens with one attached hydrogen (secondary N) is 1. The fourth-order valence-corrected chi connectivity index (χ4v) is 3.90. The Balaban J connectivity index is 0.00000280. The second-order valence-corrected chi connectivity index (χ2v) is 7.52. The van der Waals surface area contributed by atoms with Gasteiger partial charge in [0.25, 0.3) is 5.91 Å².